The monoisotopic (exact) mass is 93.1 g/mol. The highest BCUT2D eigenvalue weighted by atomic mass is 16.1. The third-order valence-corrected chi connectivity index (χ3v) is 0. The van der Waals surface area contributed by atoms with Gasteiger partial charge in [-0.1, -0.05) is 0 Å². The van der Waals surface area contributed by atoms with E-state index in [0.717, 1.165) is 0 Å². The molecule has 40 valence electrons. The number of hydrogen-bond donors (Lipinski definition) is 3. The van der Waals surface area contributed by atoms with Gasteiger partial charge in [0.15, 0.2) is 0 Å². The summed E-state index contributed by atoms with van der Waals surface area (Å²) in [5.41, 5.74) is 4.47. The van der Waals surface area contributed by atoms with E-state index in [1.54, 1.807) is 0 Å². The fourth-order valence-corrected chi connectivity index (χ4v) is 0. The predicted octanol–water partition coefficient (Wildman–Crippen LogP) is -0.184. The number of primary amides is 1. The van der Waals surface area contributed by atoms with E-state index in [0.29, 0.717) is 0 Å². The van der Waals surface area contributed by atoms with Crippen LogP contribution < -0.4 is 18.0 Å². The molecule has 8 N–H and O–H groups in total. The van der Waals surface area contributed by atoms with Crippen LogP contribution in [0.3, 0.4) is 0 Å². The molecule has 0 aromatic rings. The largest absolute Gasteiger partial charge is 0.370 e. The van der Waals surface area contributed by atoms with Crippen molar-refractivity contribution in [1.29, 1.82) is 0 Å². The average Bonchev–Trinajstić information content (AvgIpc) is 0.811. The third kappa shape index (κ3) is 52.0. The molecule has 0 spiro atoms. The molecule has 0 aliphatic rings. The van der Waals surface area contributed by atoms with Crippen molar-refractivity contribution >= 4 is 5.91 Å². The Bertz CT molecular complexity index is 31.8. The summed E-state index contributed by atoms with van der Waals surface area (Å²) in [6.45, 7) is 1.31. The molecule has 4 heteroatoms. The zero-order valence-electron chi connectivity index (χ0n) is 3.90. The van der Waals surface area contributed by atoms with Gasteiger partial charge in [0.05, 0.1) is 0 Å². The second kappa shape index (κ2) is 8.83. The molecule has 0 fully saturated rings. The van der Waals surface area contributed by atoms with Gasteiger partial charge in [-0.25, -0.2) is 0 Å². The Labute approximate surface area is 36.9 Å². The molecule has 0 aliphatic heterocycles. The van der Waals surface area contributed by atoms with Crippen LogP contribution in [0.2, 0.25) is 0 Å². The lowest BCUT2D eigenvalue weighted by Crippen LogP contribution is -2.01. The molecule has 0 bridgehead atoms. The molecule has 0 saturated carbocycles. The van der Waals surface area contributed by atoms with Crippen molar-refractivity contribution < 1.29 is 4.79 Å². The Morgan fingerprint density at radius 1 is 1.50 bits per heavy atom. The summed E-state index contributed by atoms with van der Waals surface area (Å²) in [5.74, 6) is -0.333. The van der Waals surface area contributed by atoms with Crippen LogP contribution in [0.1, 0.15) is 6.92 Å². The third-order valence-electron chi connectivity index (χ3n) is 0. The molecule has 0 aromatic heterocycles. The lowest BCUT2D eigenvalue weighted by Gasteiger charge is -1.60. The van der Waals surface area contributed by atoms with E-state index in [9.17, 15) is 4.79 Å². The van der Waals surface area contributed by atoms with E-state index < -0.39 is 0 Å². The SMILES string of the molecule is CC(N)=O.N.N. The zero-order valence-corrected chi connectivity index (χ0v) is 3.90. The number of amides is 1. The highest BCUT2D eigenvalue weighted by Gasteiger charge is 1.61. The van der Waals surface area contributed by atoms with Crippen molar-refractivity contribution in [3.8, 4) is 0 Å². The van der Waals surface area contributed by atoms with Crippen LogP contribution >= 0.6 is 0 Å². The Morgan fingerprint density at radius 3 is 1.50 bits per heavy atom. The lowest BCUT2D eigenvalue weighted by atomic mass is 10.8. The van der Waals surface area contributed by atoms with E-state index >= 15 is 0 Å². The molecule has 0 unspecified atom stereocenters. The van der Waals surface area contributed by atoms with Crippen molar-refractivity contribution in [2.75, 3.05) is 0 Å². The molecule has 0 aliphatic carbocycles. The molecule has 0 rings (SSSR count). The summed E-state index contributed by atoms with van der Waals surface area (Å²) < 4.78 is 0. The molecule has 1 amide bonds. The highest BCUT2D eigenvalue weighted by Crippen LogP contribution is 1.33. The molecule has 0 aromatic carbocycles. The quantitative estimate of drug-likeness (QED) is 0.385. The maximum absolute atomic E-state index is 9.22. The predicted molar refractivity (Wildman–Crippen MR) is 24.9 cm³/mol. The molecule has 0 heterocycles. The number of carbonyl (C=O) groups is 1. The molecule has 6 heavy (non-hydrogen) atoms. The summed E-state index contributed by atoms with van der Waals surface area (Å²) in [7, 11) is 0. The minimum atomic E-state index is -0.333. The van der Waals surface area contributed by atoms with Gasteiger partial charge in [0.25, 0.3) is 0 Å². The number of nitrogens with two attached hydrogens (primary N) is 1. The average molecular weight is 93.1 g/mol. The molecule has 0 atom stereocenters. The molecule has 0 radical (unpaired) electrons. The van der Waals surface area contributed by atoms with E-state index in [1.165, 1.54) is 6.92 Å². The van der Waals surface area contributed by atoms with Crippen LogP contribution in [0, 0.1) is 0 Å². The summed E-state index contributed by atoms with van der Waals surface area (Å²) >= 11 is 0. The minimum absolute atomic E-state index is 0. The van der Waals surface area contributed by atoms with E-state index in [4.69, 9.17) is 0 Å². The normalized spacial score (nSPS) is 4.17. The van der Waals surface area contributed by atoms with Gasteiger partial charge in [-0.05, 0) is 0 Å². The standard InChI is InChI=1S/C2H5NO.2H3N/c1-2(3)4;;/h1H3,(H2,3,4);2*1H3. The topological polar surface area (TPSA) is 113 Å². The maximum Gasteiger partial charge on any atom is 0.214 e. The van der Waals surface area contributed by atoms with Crippen molar-refractivity contribution in [3.05, 3.63) is 0 Å². The van der Waals surface area contributed by atoms with Crippen LogP contribution in [0.4, 0.5) is 0 Å². The second-order valence-electron chi connectivity index (χ2n) is 0.611. The van der Waals surface area contributed by atoms with Crippen LogP contribution in [-0.2, 0) is 4.79 Å². The van der Waals surface area contributed by atoms with Crippen LogP contribution in [0.15, 0.2) is 0 Å². The fourth-order valence-electron chi connectivity index (χ4n) is 0. The Morgan fingerprint density at radius 2 is 1.50 bits per heavy atom. The zero-order chi connectivity index (χ0) is 3.58. The summed E-state index contributed by atoms with van der Waals surface area (Å²) in [6.07, 6.45) is 0. The second-order valence-corrected chi connectivity index (χ2v) is 0.611. The minimum Gasteiger partial charge on any atom is -0.370 e. The van der Waals surface area contributed by atoms with Gasteiger partial charge in [-0.15, -0.1) is 0 Å². The van der Waals surface area contributed by atoms with Gasteiger partial charge < -0.3 is 18.0 Å². The van der Waals surface area contributed by atoms with Gasteiger partial charge in [-0.2, -0.15) is 0 Å². The van der Waals surface area contributed by atoms with E-state index in [1.807, 2.05) is 0 Å². The number of rotatable bonds is 0. The van der Waals surface area contributed by atoms with Crippen molar-refractivity contribution in [3.63, 3.8) is 0 Å². The number of carbonyl (C=O) groups excluding carboxylic acids is 1. The van der Waals surface area contributed by atoms with Crippen molar-refractivity contribution in [2.24, 2.45) is 5.73 Å². The molecular weight excluding hydrogens is 82.0 g/mol. The molecule has 4 nitrogen and oxygen atoms in total. The van der Waals surface area contributed by atoms with Gasteiger partial charge in [0, 0.05) is 6.92 Å². The first-order chi connectivity index (χ1) is 1.73. The number of hydrogen-bond acceptors (Lipinski definition) is 3. The van der Waals surface area contributed by atoms with Gasteiger partial charge in [-0.3, -0.25) is 4.79 Å². The summed E-state index contributed by atoms with van der Waals surface area (Å²) in [5, 5.41) is 0. The van der Waals surface area contributed by atoms with Gasteiger partial charge in [0.1, 0.15) is 0 Å². The maximum atomic E-state index is 9.22. The highest BCUT2D eigenvalue weighted by molar-refractivity contribution is 5.70. The summed E-state index contributed by atoms with van der Waals surface area (Å²) in [6, 6.07) is 0. The Hall–Kier alpha value is -0.610. The van der Waals surface area contributed by atoms with Crippen LogP contribution in [0.25, 0.3) is 0 Å². The van der Waals surface area contributed by atoms with Gasteiger partial charge >= 0.3 is 0 Å². The lowest BCUT2D eigenvalue weighted by molar-refractivity contribution is -0.115. The Balaban J connectivity index is -0.0000000450. The summed E-state index contributed by atoms with van der Waals surface area (Å²) in [4.78, 5) is 9.22. The van der Waals surface area contributed by atoms with E-state index in [-0.39, 0.29) is 18.2 Å². The molecular formula is C2H11N3O. The van der Waals surface area contributed by atoms with E-state index in [2.05, 4.69) is 5.73 Å². The first-order valence-electron chi connectivity index (χ1n) is 0.993. The molecule has 0 saturated heterocycles. The Kier molecular flexibility index (Phi) is 26.8. The first-order valence-corrected chi connectivity index (χ1v) is 0.993. The fraction of sp³-hybridized carbons (Fsp3) is 0.500. The van der Waals surface area contributed by atoms with Crippen molar-refractivity contribution in [1.82, 2.24) is 12.3 Å². The van der Waals surface area contributed by atoms with Crippen LogP contribution in [0.5, 0.6) is 0 Å². The van der Waals surface area contributed by atoms with Crippen molar-refractivity contribution in [2.45, 2.75) is 6.92 Å². The van der Waals surface area contributed by atoms with Gasteiger partial charge in [0.2, 0.25) is 5.91 Å². The smallest absolute Gasteiger partial charge is 0.214 e. The van der Waals surface area contributed by atoms with Crippen LogP contribution in [-0.4, -0.2) is 5.91 Å². The first kappa shape index (κ1) is 18.2.